The van der Waals surface area contributed by atoms with Crippen LogP contribution in [0.25, 0.3) is 23.0 Å². The van der Waals surface area contributed by atoms with E-state index >= 15 is 0 Å². The van der Waals surface area contributed by atoms with E-state index in [9.17, 15) is 14.4 Å². The van der Waals surface area contributed by atoms with Crippen LogP contribution in [0.1, 0.15) is 49.3 Å². The Morgan fingerprint density at radius 3 is 2.79 bits per heavy atom. The number of aromatic nitrogens is 6. The summed E-state index contributed by atoms with van der Waals surface area (Å²) in [6.07, 6.45) is 7.91. The summed E-state index contributed by atoms with van der Waals surface area (Å²) in [4.78, 5) is 37.1. The number of nitrogens with zero attached hydrogens (tertiary/aromatic N) is 6. The summed E-state index contributed by atoms with van der Waals surface area (Å²) in [7, 11) is 0. The van der Waals surface area contributed by atoms with Crippen LogP contribution in [-0.2, 0) is 9.59 Å². The molecule has 3 heterocycles. The molecule has 13 nitrogen and oxygen atoms in total. The van der Waals surface area contributed by atoms with Crippen LogP contribution in [0, 0.1) is 0 Å². The van der Waals surface area contributed by atoms with Gasteiger partial charge in [-0.3, -0.25) is 14.9 Å². The van der Waals surface area contributed by atoms with Gasteiger partial charge in [-0.25, -0.2) is 4.79 Å². The van der Waals surface area contributed by atoms with Crippen LogP contribution in [0.2, 0.25) is 5.02 Å². The van der Waals surface area contributed by atoms with Gasteiger partial charge >= 0.3 is 6.09 Å². The second-order valence-electron chi connectivity index (χ2n) is 9.53. The molecule has 1 aliphatic rings. The summed E-state index contributed by atoms with van der Waals surface area (Å²) in [5.74, 6) is -0.529. The highest BCUT2D eigenvalue weighted by Crippen LogP contribution is 2.35. The third kappa shape index (κ3) is 6.93. The molecular weight excluding hydrogens is 562 g/mol. The fourth-order valence-electron chi connectivity index (χ4n) is 4.74. The molecule has 4 N–H and O–H groups in total. The van der Waals surface area contributed by atoms with Crippen molar-refractivity contribution in [3.8, 4) is 16.9 Å². The Labute approximate surface area is 245 Å². The topological polar surface area (TPSA) is 177 Å². The molecule has 14 heteroatoms. The number of anilines is 2. The summed E-state index contributed by atoms with van der Waals surface area (Å²) in [6, 6.07) is 11.3. The van der Waals surface area contributed by atoms with Crippen LogP contribution in [-0.4, -0.2) is 53.4 Å². The SMILES string of the molecule is O=C(O)Nc1ccc2c(c1)NC(=O)CCCCCC(NC(=O)C=Cc1cc(Cl)ccc1-n1cnnn1)c1ccnnc1-2. The normalized spacial score (nSPS) is 15.5. The lowest BCUT2D eigenvalue weighted by molar-refractivity contribution is -0.117. The van der Waals surface area contributed by atoms with E-state index in [1.165, 1.54) is 23.2 Å². The molecule has 1 atom stereocenters. The Balaban J connectivity index is 1.47. The molecule has 2 aromatic carbocycles. The molecule has 4 aromatic rings. The third-order valence-electron chi connectivity index (χ3n) is 6.64. The van der Waals surface area contributed by atoms with Crippen molar-refractivity contribution in [2.24, 2.45) is 0 Å². The van der Waals surface area contributed by atoms with E-state index in [-0.39, 0.29) is 17.5 Å². The highest BCUT2D eigenvalue weighted by Gasteiger charge is 2.23. The van der Waals surface area contributed by atoms with E-state index in [4.69, 9.17) is 16.7 Å². The van der Waals surface area contributed by atoms with Crippen molar-refractivity contribution >= 4 is 47.0 Å². The Bertz CT molecular complexity index is 1640. The standard InChI is InChI=1S/C28H26ClN9O4/c29-18-7-10-24(38-16-31-36-37-38)17(14-18)6-11-26(40)33-22-4-2-1-3-5-25(39)34-23-15-19(32-28(41)42)8-9-20(23)27-21(22)12-13-30-35-27/h6-16,22,32H,1-5H2,(H,33,40)(H,34,39)(H,41,42). The minimum absolute atomic E-state index is 0.188. The number of rotatable bonds is 5. The number of benzene rings is 2. The largest absolute Gasteiger partial charge is 0.465 e. The van der Waals surface area contributed by atoms with Crippen molar-refractivity contribution in [2.75, 3.05) is 10.6 Å². The fraction of sp³-hybridized carbons (Fsp3) is 0.214. The smallest absolute Gasteiger partial charge is 0.409 e. The molecule has 0 bridgehead atoms. The van der Waals surface area contributed by atoms with Crippen LogP contribution in [0.15, 0.2) is 61.1 Å². The first-order chi connectivity index (χ1) is 20.4. The number of halogens is 1. The predicted molar refractivity (Wildman–Crippen MR) is 155 cm³/mol. The van der Waals surface area contributed by atoms with Gasteiger partial charge in [0.1, 0.15) is 12.0 Å². The number of hydrogen-bond acceptors (Lipinski definition) is 8. The van der Waals surface area contributed by atoms with E-state index in [1.807, 2.05) is 0 Å². The fourth-order valence-corrected chi connectivity index (χ4v) is 4.92. The molecule has 3 amide bonds. The minimum Gasteiger partial charge on any atom is -0.465 e. The van der Waals surface area contributed by atoms with E-state index in [1.54, 1.807) is 48.7 Å². The maximum atomic E-state index is 13.3. The first kappa shape index (κ1) is 28.4. The van der Waals surface area contributed by atoms with Crippen LogP contribution >= 0.6 is 11.6 Å². The van der Waals surface area contributed by atoms with Gasteiger partial charge in [-0.2, -0.15) is 14.9 Å². The van der Waals surface area contributed by atoms with Crippen molar-refractivity contribution in [1.82, 2.24) is 35.7 Å². The van der Waals surface area contributed by atoms with Gasteiger partial charge in [0, 0.05) is 46.1 Å². The van der Waals surface area contributed by atoms with Gasteiger partial charge < -0.3 is 15.7 Å². The first-order valence-corrected chi connectivity index (χ1v) is 13.5. The molecule has 0 saturated carbocycles. The zero-order chi connectivity index (χ0) is 29.5. The van der Waals surface area contributed by atoms with Crippen molar-refractivity contribution in [3.05, 3.63) is 77.2 Å². The summed E-state index contributed by atoms with van der Waals surface area (Å²) >= 11 is 6.21. The lowest BCUT2D eigenvalue weighted by atomic mass is 9.94. The molecule has 42 heavy (non-hydrogen) atoms. The van der Waals surface area contributed by atoms with E-state index in [2.05, 4.69) is 41.7 Å². The summed E-state index contributed by atoms with van der Waals surface area (Å²) in [5, 5.41) is 37.6. The second kappa shape index (κ2) is 13.0. The van der Waals surface area contributed by atoms with E-state index in [0.29, 0.717) is 58.0 Å². The molecule has 2 aromatic heterocycles. The number of tetrazole rings is 1. The van der Waals surface area contributed by atoms with Crippen LogP contribution in [0.5, 0.6) is 0 Å². The van der Waals surface area contributed by atoms with Crippen LogP contribution in [0.3, 0.4) is 0 Å². The first-order valence-electron chi connectivity index (χ1n) is 13.1. The van der Waals surface area contributed by atoms with E-state index in [0.717, 1.165) is 12.8 Å². The number of amides is 3. The number of carbonyl (C=O) groups excluding carboxylic acids is 2. The number of carboxylic acid groups (broad SMARTS) is 1. The summed E-state index contributed by atoms with van der Waals surface area (Å²) < 4.78 is 1.48. The monoisotopic (exact) mass is 587 g/mol. The van der Waals surface area contributed by atoms with Gasteiger partial charge in [0.2, 0.25) is 11.8 Å². The molecule has 0 radical (unpaired) electrons. The van der Waals surface area contributed by atoms with Crippen molar-refractivity contribution in [3.63, 3.8) is 0 Å². The Kier molecular flexibility index (Phi) is 8.78. The summed E-state index contributed by atoms with van der Waals surface area (Å²) in [6.45, 7) is 0. The number of carbonyl (C=O) groups is 3. The lowest BCUT2D eigenvalue weighted by Gasteiger charge is -2.22. The quantitative estimate of drug-likeness (QED) is 0.242. The summed E-state index contributed by atoms with van der Waals surface area (Å²) in [5.41, 5.74) is 3.67. The molecule has 5 rings (SSSR count). The predicted octanol–water partition coefficient (Wildman–Crippen LogP) is 4.64. The number of fused-ring (bicyclic) bond motifs is 3. The molecule has 0 aliphatic carbocycles. The average Bonchev–Trinajstić information content (AvgIpc) is 3.50. The minimum atomic E-state index is -1.23. The number of hydrogen-bond donors (Lipinski definition) is 4. The molecule has 214 valence electrons. The molecular formula is C28H26ClN9O4. The lowest BCUT2D eigenvalue weighted by Crippen LogP contribution is -2.28. The van der Waals surface area contributed by atoms with Gasteiger partial charge in [-0.1, -0.05) is 24.4 Å². The van der Waals surface area contributed by atoms with Gasteiger partial charge in [-0.05, 0) is 71.8 Å². The Hall–Kier alpha value is -5.17. The van der Waals surface area contributed by atoms with Gasteiger partial charge in [-0.15, -0.1) is 5.10 Å². The average molecular weight is 588 g/mol. The highest BCUT2D eigenvalue weighted by atomic mass is 35.5. The Morgan fingerprint density at radius 2 is 1.98 bits per heavy atom. The van der Waals surface area contributed by atoms with Crippen molar-refractivity contribution in [1.29, 1.82) is 0 Å². The van der Waals surface area contributed by atoms with Gasteiger partial charge in [0.05, 0.1) is 17.4 Å². The number of nitrogens with one attached hydrogen (secondary N) is 3. The Morgan fingerprint density at radius 1 is 1.10 bits per heavy atom. The van der Waals surface area contributed by atoms with Crippen LogP contribution < -0.4 is 16.0 Å². The molecule has 0 fully saturated rings. The van der Waals surface area contributed by atoms with Crippen LogP contribution in [0.4, 0.5) is 16.2 Å². The third-order valence-corrected chi connectivity index (χ3v) is 6.88. The van der Waals surface area contributed by atoms with Crippen molar-refractivity contribution < 1.29 is 19.5 Å². The molecule has 1 unspecified atom stereocenters. The highest BCUT2D eigenvalue weighted by molar-refractivity contribution is 6.30. The van der Waals surface area contributed by atoms with Gasteiger partial charge in [0.25, 0.3) is 0 Å². The molecule has 0 spiro atoms. The van der Waals surface area contributed by atoms with E-state index < -0.39 is 12.1 Å². The zero-order valence-electron chi connectivity index (χ0n) is 22.2. The maximum Gasteiger partial charge on any atom is 0.409 e. The molecule has 1 aliphatic heterocycles. The zero-order valence-corrected chi connectivity index (χ0v) is 23.0. The van der Waals surface area contributed by atoms with Gasteiger partial charge in [0.15, 0.2) is 0 Å². The maximum absolute atomic E-state index is 13.3. The van der Waals surface area contributed by atoms with Crippen molar-refractivity contribution in [2.45, 2.75) is 38.1 Å². The second-order valence-corrected chi connectivity index (χ2v) is 9.96. The molecule has 0 saturated heterocycles.